The Hall–Kier alpha value is -2.71. The summed E-state index contributed by atoms with van der Waals surface area (Å²) in [6.45, 7) is 4.68. The van der Waals surface area contributed by atoms with E-state index < -0.39 is 0 Å². The average Bonchev–Trinajstić information content (AvgIpc) is 3.41. The molecule has 8 heteroatoms. The topological polar surface area (TPSA) is 80.5 Å². The zero-order chi connectivity index (χ0) is 20.1. The van der Waals surface area contributed by atoms with Crippen LogP contribution in [0, 0.1) is 5.92 Å². The third kappa shape index (κ3) is 5.02. The summed E-state index contributed by atoms with van der Waals surface area (Å²) in [5, 5.41) is 9.08. The Morgan fingerprint density at radius 2 is 2.31 bits per heavy atom. The lowest BCUT2D eigenvalue weighted by molar-refractivity contribution is -0.121. The number of nitrogens with zero attached hydrogens (tertiary/aromatic N) is 3. The Balaban J connectivity index is 1.34. The van der Waals surface area contributed by atoms with Gasteiger partial charge < -0.3 is 14.6 Å². The largest absolute Gasteiger partial charge is 0.494 e. The van der Waals surface area contributed by atoms with Crippen LogP contribution in [-0.4, -0.2) is 40.6 Å². The first-order chi connectivity index (χ1) is 14.2. The fourth-order valence-corrected chi connectivity index (χ4v) is 4.15. The summed E-state index contributed by atoms with van der Waals surface area (Å²) in [6, 6.07) is 11.4. The Labute approximate surface area is 173 Å². The normalized spacial score (nSPS) is 17.2. The predicted molar refractivity (Wildman–Crippen MR) is 112 cm³/mol. The van der Waals surface area contributed by atoms with Gasteiger partial charge in [0.15, 0.2) is 0 Å². The minimum atomic E-state index is -0.0702. The van der Waals surface area contributed by atoms with Crippen LogP contribution >= 0.6 is 11.3 Å². The fraction of sp³-hybridized carbons (Fsp3) is 0.381. The maximum atomic E-state index is 12.8. The molecule has 0 saturated carbocycles. The molecule has 1 fully saturated rings. The molecule has 7 nitrogen and oxygen atoms in total. The molecule has 29 heavy (non-hydrogen) atoms. The van der Waals surface area contributed by atoms with Gasteiger partial charge in [-0.2, -0.15) is 4.98 Å². The molecule has 3 aromatic rings. The van der Waals surface area contributed by atoms with Gasteiger partial charge in [0.1, 0.15) is 5.75 Å². The van der Waals surface area contributed by atoms with Gasteiger partial charge in [-0.25, -0.2) is 0 Å². The molecule has 0 radical (unpaired) electrons. The van der Waals surface area contributed by atoms with Crippen molar-refractivity contribution < 1.29 is 14.1 Å². The molecule has 2 aromatic heterocycles. The van der Waals surface area contributed by atoms with E-state index in [9.17, 15) is 4.79 Å². The standard InChI is InChI=1S/C21H24N4O3S/c1-2-27-17-8-3-7-16(12-17)22-21(26)15-6-4-10-25(13-15)14-19-23-20(24-28-19)18-9-5-11-29-18/h3,5,7-9,11-12,15H,2,4,6,10,13-14H2,1H3,(H,22,26). The maximum absolute atomic E-state index is 12.8. The Morgan fingerprint density at radius 3 is 3.14 bits per heavy atom. The number of nitrogens with one attached hydrogen (secondary N) is 1. The van der Waals surface area contributed by atoms with Gasteiger partial charge in [0, 0.05) is 18.3 Å². The van der Waals surface area contributed by atoms with Gasteiger partial charge in [-0.05, 0) is 49.9 Å². The van der Waals surface area contributed by atoms with Gasteiger partial charge in [-0.15, -0.1) is 11.3 Å². The number of carbonyl (C=O) groups is 1. The molecule has 3 heterocycles. The number of piperidine rings is 1. The minimum absolute atomic E-state index is 0.0353. The van der Waals surface area contributed by atoms with E-state index in [1.807, 2.05) is 48.7 Å². The van der Waals surface area contributed by atoms with E-state index in [-0.39, 0.29) is 11.8 Å². The summed E-state index contributed by atoms with van der Waals surface area (Å²) in [5.41, 5.74) is 0.760. The van der Waals surface area contributed by atoms with Gasteiger partial charge >= 0.3 is 0 Å². The monoisotopic (exact) mass is 412 g/mol. The van der Waals surface area contributed by atoms with Crippen molar-refractivity contribution in [3.63, 3.8) is 0 Å². The molecule has 4 rings (SSSR count). The van der Waals surface area contributed by atoms with E-state index in [4.69, 9.17) is 9.26 Å². The predicted octanol–water partition coefficient (Wildman–Crippen LogP) is 4.05. The van der Waals surface area contributed by atoms with E-state index in [2.05, 4.69) is 20.4 Å². The van der Waals surface area contributed by atoms with Crippen LogP contribution in [0.25, 0.3) is 10.7 Å². The van der Waals surface area contributed by atoms with Crippen LogP contribution in [0.2, 0.25) is 0 Å². The smallest absolute Gasteiger partial charge is 0.241 e. The molecule has 0 spiro atoms. The van der Waals surface area contributed by atoms with E-state index in [1.54, 1.807) is 11.3 Å². The van der Waals surface area contributed by atoms with Crippen LogP contribution in [0.4, 0.5) is 5.69 Å². The minimum Gasteiger partial charge on any atom is -0.494 e. The second kappa shape index (κ2) is 9.19. The zero-order valence-electron chi connectivity index (χ0n) is 16.3. The SMILES string of the molecule is CCOc1cccc(NC(=O)C2CCCN(Cc3nc(-c4cccs4)no3)C2)c1. The van der Waals surface area contributed by atoms with Crippen LogP contribution in [-0.2, 0) is 11.3 Å². The van der Waals surface area contributed by atoms with E-state index >= 15 is 0 Å². The van der Waals surface area contributed by atoms with Crippen molar-refractivity contribution in [2.45, 2.75) is 26.3 Å². The second-order valence-electron chi connectivity index (χ2n) is 7.01. The average molecular weight is 413 g/mol. The molecule has 0 aliphatic carbocycles. The number of hydrogen-bond donors (Lipinski definition) is 1. The van der Waals surface area contributed by atoms with E-state index in [0.29, 0.717) is 31.4 Å². The van der Waals surface area contributed by atoms with Crippen molar-refractivity contribution in [3.8, 4) is 16.5 Å². The van der Waals surface area contributed by atoms with Gasteiger partial charge in [0.25, 0.3) is 0 Å². The number of anilines is 1. The van der Waals surface area contributed by atoms with Gasteiger partial charge in [-0.3, -0.25) is 9.69 Å². The number of ether oxygens (including phenoxy) is 1. The van der Waals surface area contributed by atoms with Crippen molar-refractivity contribution in [1.29, 1.82) is 0 Å². The number of amides is 1. The highest BCUT2D eigenvalue weighted by Crippen LogP contribution is 2.24. The molecule has 152 valence electrons. The van der Waals surface area contributed by atoms with Crippen LogP contribution in [0.1, 0.15) is 25.7 Å². The summed E-state index contributed by atoms with van der Waals surface area (Å²) >= 11 is 1.58. The van der Waals surface area contributed by atoms with Crippen molar-refractivity contribution in [2.24, 2.45) is 5.92 Å². The highest BCUT2D eigenvalue weighted by Gasteiger charge is 2.27. The molecule has 1 aliphatic heterocycles. The van der Waals surface area contributed by atoms with Gasteiger partial charge in [0.2, 0.25) is 17.6 Å². The maximum Gasteiger partial charge on any atom is 0.241 e. The highest BCUT2D eigenvalue weighted by atomic mass is 32.1. The Bertz CT molecular complexity index is 941. The first kappa shape index (κ1) is 19.6. The molecule has 1 aromatic carbocycles. The summed E-state index contributed by atoms with van der Waals surface area (Å²) in [7, 11) is 0. The molecule has 1 amide bonds. The van der Waals surface area contributed by atoms with E-state index in [1.165, 1.54) is 0 Å². The zero-order valence-corrected chi connectivity index (χ0v) is 17.2. The van der Waals surface area contributed by atoms with Crippen LogP contribution in [0.3, 0.4) is 0 Å². The number of benzene rings is 1. The number of carbonyl (C=O) groups excluding carboxylic acids is 1. The number of rotatable bonds is 7. The number of thiophene rings is 1. The van der Waals surface area contributed by atoms with Gasteiger partial charge in [-0.1, -0.05) is 17.3 Å². The van der Waals surface area contributed by atoms with E-state index in [0.717, 1.165) is 35.7 Å². The molecule has 0 bridgehead atoms. The summed E-state index contributed by atoms with van der Waals surface area (Å²) in [6.07, 6.45) is 1.83. The van der Waals surface area contributed by atoms with Crippen molar-refractivity contribution in [2.75, 3.05) is 25.0 Å². The summed E-state index contributed by atoms with van der Waals surface area (Å²) < 4.78 is 10.9. The fourth-order valence-electron chi connectivity index (χ4n) is 3.50. The molecule has 1 saturated heterocycles. The lowest BCUT2D eigenvalue weighted by atomic mass is 9.97. The number of aromatic nitrogens is 2. The highest BCUT2D eigenvalue weighted by molar-refractivity contribution is 7.13. The number of likely N-dealkylation sites (tertiary alicyclic amines) is 1. The van der Waals surface area contributed by atoms with Crippen LogP contribution in [0.5, 0.6) is 5.75 Å². The lowest BCUT2D eigenvalue weighted by Gasteiger charge is -2.30. The molecule has 1 atom stereocenters. The van der Waals surface area contributed by atoms with Crippen molar-refractivity contribution >= 4 is 22.9 Å². The van der Waals surface area contributed by atoms with Crippen molar-refractivity contribution in [3.05, 3.63) is 47.7 Å². The Kier molecular flexibility index (Phi) is 6.21. The molecule has 1 N–H and O–H groups in total. The van der Waals surface area contributed by atoms with Crippen LogP contribution in [0.15, 0.2) is 46.3 Å². The van der Waals surface area contributed by atoms with Gasteiger partial charge in [0.05, 0.1) is 23.9 Å². The lowest BCUT2D eigenvalue weighted by Crippen LogP contribution is -2.40. The summed E-state index contributed by atoms with van der Waals surface area (Å²) in [4.78, 5) is 20.4. The molecular weight excluding hydrogens is 388 g/mol. The molecule has 1 unspecified atom stereocenters. The quantitative estimate of drug-likeness (QED) is 0.631. The third-order valence-corrected chi connectivity index (χ3v) is 5.72. The van der Waals surface area contributed by atoms with Crippen molar-refractivity contribution in [1.82, 2.24) is 15.0 Å². The second-order valence-corrected chi connectivity index (χ2v) is 7.96. The summed E-state index contributed by atoms with van der Waals surface area (Å²) in [5.74, 6) is 1.93. The van der Waals surface area contributed by atoms with Crippen LogP contribution < -0.4 is 10.1 Å². The molecule has 1 aliphatic rings. The Morgan fingerprint density at radius 1 is 1.38 bits per heavy atom. The molecular formula is C21H24N4O3S. The first-order valence-electron chi connectivity index (χ1n) is 9.84. The third-order valence-electron chi connectivity index (χ3n) is 4.86. The number of hydrogen-bond acceptors (Lipinski definition) is 7. The first-order valence-corrected chi connectivity index (χ1v) is 10.7.